The van der Waals surface area contributed by atoms with Crippen molar-refractivity contribution < 1.29 is 17.6 Å². The van der Waals surface area contributed by atoms with Gasteiger partial charge >= 0.3 is 0 Å². The van der Waals surface area contributed by atoms with Gasteiger partial charge in [-0.1, -0.05) is 0 Å². The van der Waals surface area contributed by atoms with E-state index >= 15 is 0 Å². The van der Waals surface area contributed by atoms with E-state index in [0.717, 1.165) is 5.56 Å². The Morgan fingerprint density at radius 3 is 2.35 bits per heavy atom. The number of benzene rings is 1. The highest BCUT2D eigenvalue weighted by Gasteiger charge is 2.12. The second-order valence-corrected chi connectivity index (χ2v) is 3.62. The lowest BCUT2D eigenvalue weighted by atomic mass is 10.2. The highest BCUT2D eigenvalue weighted by atomic mass is 19.1. The molecule has 0 saturated carbocycles. The molecule has 1 aromatic heterocycles. The molecule has 0 atom stereocenters. The molecule has 0 unspecified atom stereocenters. The largest absolute Gasteiger partial charge is 0.467 e. The maximum absolute atomic E-state index is 13.3. The number of anilines is 1. The van der Waals surface area contributed by atoms with Gasteiger partial charge < -0.3 is 9.73 Å². The molecular formula is C12H10F3NO. The fourth-order valence-electron chi connectivity index (χ4n) is 1.46. The molecule has 0 spiro atoms. The molecule has 0 bridgehead atoms. The SMILES string of the molecule is Cc1ccoc1CNc1c(F)cc(F)cc1F. The number of aryl methyl sites for hydroxylation is 1. The zero-order chi connectivity index (χ0) is 12.4. The molecule has 2 aromatic rings. The third kappa shape index (κ3) is 2.43. The Kier molecular flexibility index (Phi) is 3.08. The van der Waals surface area contributed by atoms with Crippen molar-refractivity contribution in [1.29, 1.82) is 0 Å². The van der Waals surface area contributed by atoms with E-state index in [9.17, 15) is 13.2 Å². The van der Waals surface area contributed by atoms with Crippen molar-refractivity contribution >= 4 is 5.69 Å². The Balaban J connectivity index is 2.17. The highest BCUT2D eigenvalue weighted by Crippen LogP contribution is 2.21. The summed E-state index contributed by atoms with van der Waals surface area (Å²) in [6, 6.07) is 3.00. The average molecular weight is 241 g/mol. The van der Waals surface area contributed by atoms with Crippen molar-refractivity contribution in [2.24, 2.45) is 0 Å². The minimum Gasteiger partial charge on any atom is -0.467 e. The van der Waals surface area contributed by atoms with Crippen LogP contribution >= 0.6 is 0 Å². The predicted molar refractivity (Wildman–Crippen MR) is 57.1 cm³/mol. The van der Waals surface area contributed by atoms with Crippen LogP contribution in [0.15, 0.2) is 28.9 Å². The number of furan rings is 1. The average Bonchev–Trinajstić information content (AvgIpc) is 2.62. The fraction of sp³-hybridized carbons (Fsp3) is 0.167. The van der Waals surface area contributed by atoms with Crippen molar-refractivity contribution in [3.8, 4) is 0 Å². The number of hydrogen-bond donors (Lipinski definition) is 1. The molecule has 0 aliphatic heterocycles. The van der Waals surface area contributed by atoms with Crippen molar-refractivity contribution in [2.75, 3.05) is 5.32 Å². The first-order valence-electron chi connectivity index (χ1n) is 4.99. The van der Waals surface area contributed by atoms with Gasteiger partial charge in [0.15, 0.2) is 11.6 Å². The summed E-state index contributed by atoms with van der Waals surface area (Å²) in [5.41, 5.74) is 0.516. The highest BCUT2D eigenvalue weighted by molar-refractivity contribution is 5.46. The van der Waals surface area contributed by atoms with E-state index in [4.69, 9.17) is 4.42 Å². The topological polar surface area (TPSA) is 25.2 Å². The number of rotatable bonds is 3. The molecule has 2 rings (SSSR count). The van der Waals surface area contributed by atoms with Crippen LogP contribution in [0.3, 0.4) is 0 Å². The van der Waals surface area contributed by atoms with Crippen LogP contribution in [0, 0.1) is 24.4 Å². The normalized spacial score (nSPS) is 10.6. The van der Waals surface area contributed by atoms with E-state index < -0.39 is 17.5 Å². The van der Waals surface area contributed by atoms with Gasteiger partial charge in [-0.05, 0) is 18.6 Å². The Labute approximate surface area is 96.1 Å². The van der Waals surface area contributed by atoms with Crippen molar-refractivity contribution in [2.45, 2.75) is 13.5 Å². The van der Waals surface area contributed by atoms with E-state index in [1.54, 1.807) is 6.07 Å². The van der Waals surface area contributed by atoms with Crippen LogP contribution in [0.4, 0.5) is 18.9 Å². The molecule has 0 amide bonds. The van der Waals surface area contributed by atoms with Gasteiger partial charge in [-0.2, -0.15) is 0 Å². The maximum Gasteiger partial charge on any atom is 0.152 e. The lowest BCUT2D eigenvalue weighted by Gasteiger charge is -2.07. The summed E-state index contributed by atoms with van der Waals surface area (Å²) in [7, 11) is 0. The van der Waals surface area contributed by atoms with Crippen LogP contribution in [0.2, 0.25) is 0 Å². The molecule has 0 saturated heterocycles. The minimum absolute atomic E-state index is 0.137. The Morgan fingerprint density at radius 2 is 1.82 bits per heavy atom. The van der Waals surface area contributed by atoms with Crippen molar-refractivity contribution in [3.05, 3.63) is 53.2 Å². The molecule has 1 aromatic carbocycles. The second-order valence-electron chi connectivity index (χ2n) is 3.62. The molecule has 90 valence electrons. The van der Waals surface area contributed by atoms with E-state index in [2.05, 4.69) is 5.32 Å². The van der Waals surface area contributed by atoms with E-state index in [-0.39, 0.29) is 12.2 Å². The standard InChI is InChI=1S/C12H10F3NO/c1-7-2-3-17-11(7)6-16-12-9(14)4-8(13)5-10(12)15/h2-5,16H,6H2,1H3. The molecule has 1 N–H and O–H groups in total. The predicted octanol–water partition coefficient (Wildman–Crippen LogP) is 3.62. The Hall–Kier alpha value is -1.91. The second kappa shape index (κ2) is 4.53. The summed E-state index contributed by atoms with van der Waals surface area (Å²) in [5.74, 6) is -2.30. The maximum atomic E-state index is 13.3. The lowest BCUT2D eigenvalue weighted by molar-refractivity contribution is 0.511. The summed E-state index contributed by atoms with van der Waals surface area (Å²) in [4.78, 5) is 0. The van der Waals surface area contributed by atoms with Crippen molar-refractivity contribution in [3.63, 3.8) is 0 Å². The van der Waals surface area contributed by atoms with Gasteiger partial charge in [0.05, 0.1) is 12.8 Å². The van der Waals surface area contributed by atoms with Gasteiger partial charge in [0, 0.05) is 12.1 Å². The first-order valence-corrected chi connectivity index (χ1v) is 4.99. The molecule has 0 fully saturated rings. The summed E-state index contributed by atoms with van der Waals surface area (Å²) < 4.78 is 44.3. The van der Waals surface area contributed by atoms with E-state index in [1.807, 2.05) is 6.92 Å². The third-order valence-corrected chi connectivity index (χ3v) is 2.40. The molecule has 2 nitrogen and oxygen atoms in total. The Bertz CT molecular complexity index is 513. The number of nitrogens with one attached hydrogen (secondary N) is 1. The molecule has 5 heteroatoms. The summed E-state index contributed by atoms with van der Waals surface area (Å²) in [5, 5.41) is 2.54. The number of halogens is 3. The van der Waals surface area contributed by atoms with Crippen LogP contribution in [0.1, 0.15) is 11.3 Å². The summed E-state index contributed by atoms with van der Waals surface area (Å²) in [6.07, 6.45) is 1.49. The lowest BCUT2D eigenvalue weighted by Crippen LogP contribution is -2.04. The molecule has 1 heterocycles. The van der Waals surface area contributed by atoms with E-state index in [1.165, 1.54) is 6.26 Å². The van der Waals surface area contributed by atoms with Crippen LogP contribution in [0.25, 0.3) is 0 Å². The first-order chi connectivity index (χ1) is 8.08. The molecular weight excluding hydrogens is 231 g/mol. The van der Waals surface area contributed by atoms with Gasteiger partial charge in [0.2, 0.25) is 0 Å². The zero-order valence-electron chi connectivity index (χ0n) is 9.06. The van der Waals surface area contributed by atoms with Gasteiger partial charge in [0.25, 0.3) is 0 Å². The van der Waals surface area contributed by atoms with Crippen LogP contribution in [0.5, 0.6) is 0 Å². The third-order valence-electron chi connectivity index (χ3n) is 2.40. The Morgan fingerprint density at radius 1 is 1.18 bits per heavy atom. The fourth-order valence-corrected chi connectivity index (χ4v) is 1.46. The number of hydrogen-bond acceptors (Lipinski definition) is 2. The minimum atomic E-state index is -0.966. The van der Waals surface area contributed by atoms with E-state index in [0.29, 0.717) is 17.9 Å². The molecule has 0 radical (unpaired) electrons. The zero-order valence-corrected chi connectivity index (χ0v) is 9.06. The van der Waals surface area contributed by atoms with Crippen LogP contribution < -0.4 is 5.32 Å². The van der Waals surface area contributed by atoms with Crippen molar-refractivity contribution in [1.82, 2.24) is 0 Å². The van der Waals surface area contributed by atoms with Gasteiger partial charge in [-0.15, -0.1) is 0 Å². The molecule has 0 aliphatic carbocycles. The molecule has 17 heavy (non-hydrogen) atoms. The van der Waals surface area contributed by atoms with Gasteiger partial charge in [-0.25, -0.2) is 13.2 Å². The van der Waals surface area contributed by atoms with Crippen LogP contribution in [-0.2, 0) is 6.54 Å². The first kappa shape index (κ1) is 11.6. The van der Waals surface area contributed by atoms with Gasteiger partial charge in [-0.3, -0.25) is 0 Å². The molecule has 0 aliphatic rings. The smallest absolute Gasteiger partial charge is 0.152 e. The quantitative estimate of drug-likeness (QED) is 0.887. The summed E-state index contributed by atoms with van der Waals surface area (Å²) >= 11 is 0. The summed E-state index contributed by atoms with van der Waals surface area (Å²) in [6.45, 7) is 1.95. The monoisotopic (exact) mass is 241 g/mol. The van der Waals surface area contributed by atoms with Gasteiger partial charge in [0.1, 0.15) is 17.3 Å². The van der Waals surface area contributed by atoms with Crippen LogP contribution in [-0.4, -0.2) is 0 Å².